The molecule has 0 aromatic rings. The van der Waals surface area contributed by atoms with Gasteiger partial charge in [0.25, 0.3) is 0 Å². The first-order valence-electron chi connectivity index (χ1n) is 4.46. The van der Waals surface area contributed by atoms with Gasteiger partial charge < -0.3 is 4.74 Å². The largest absolute Gasteiger partial charge is 0.461 e. The fraction of sp³-hybridized carbons (Fsp3) is 0.889. The van der Waals surface area contributed by atoms with Crippen molar-refractivity contribution < 1.29 is 9.53 Å². The van der Waals surface area contributed by atoms with Gasteiger partial charge in [0.1, 0.15) is 6.10 Å². The first-order valence-corrected chi connectivity index (χ1v) is 4.46. The van der Waals surface area contributed by atoms with Crippen molar-refractivity contribution in [1.29, 1.82) is 0 Å². The number of hydrogen-bond donors (Lipinski definition) is 0. The molecule has 0 amide bonds. The molecule has 0 aliphatic carbocycles. The second-order valence-corrected chi connectivity index (χ2v) is 3.26. The smallest absolute Gasteiger partial charge is 0.312 e. The summed E-state index contributed by atoms with van der Waals surface area (Å²) < 4.78 is 4.96. The van der Waals surface area contributed by atoms with Gasteiger partial charge in [-0.15, -0.1) is 0 Å². The molecule has 1 rings (SSSR count). The molecule has 0 aromatic carbocycles. The lowest BCUT2D eigenvalue weighted by Gasteiger charge is -2.32. The molecule has 0 bridgehead atoms. The summed E-state index contributed by atoms with van der Waals surface area (Å²) in [5.74, 6) is 0.137. The Kier molecular flexibility index (Phi) is 2.92. The second-order valence-electron chi connectivity index (χ2n) is 3.26. The van der Waals surface area contributed by atoms with Gasteiger partial charge in [-0.25, -0.2) is 0 Å². The summed E-state index contributed by atoms with van der Waals surface area (Å²) in [7, 11) is 0. The monoisotopic (exact) mass is 156 g/mol. The fourth-order valence-electron chi connectivity index (χ4n) is 1.34. The molecule has 2 heteroatoms. The average molecular weight is 156 g/mol. The Bertz CT molecular complexity index is 142. The van der Waals surface area contributed by atoms with E-state index in [1.54, 1.807) is 0 Å². The SMILES string of the molecule is CCCCC[C@@H]1OC(=O)[C@@H]1C. The Hall–Kier alpha value is -0.530. The molecule has 11 heavy (non-hydrogen) atoms. The predicted molar refractivity (Wildman–Crippen MR) is 43.2 cm³/mol. The van der Waals surface area contributed by atoms with Crippen molar-refractivity contribution in [2.75, 3.05) is 0 Å². The summed E-state index contributed by atoms with van der Waals surface area (Å²) in [6.45, 7) is 4.12. The van der Waals surface area contributed by atoms with Crippen molar-refractivity contribution in [1.82, 2.24) is 0 Å². The lowest BCUT2D eigenvalue weighted by Crippen LogP contribution is -2.42. The van der Waals surface area contributed by atoms with E-state index < -0.39 is 0 Å². The molecular weight excluding hydrogens is 140 g/mol. The maximum atomic E-state index is 10.7. The third kappa shape index (κ3) is 1.95. The highest BCUT2D eigenvalue weighted by molar-refractivity contribution is 5.77. The number of ether oxygens (including phenoxy) is 1. The third-order valence-corrected chi connectivity index (χ3v) is 2.29. The maximum Gasteiger partial charge on any atom is 0.312 e. The van der Waals surface area contributed by atoms with Gasteiger partial charge in [-0.1, -0.05) is 19.8 Å². The van der Waals surface area contributed by atoms with Crippen molar-refractivity contribution in [3.8, 4) is 0 Å². The van der Waals surface area contributed by atoms with E-state index in [-0.39, 0.29) is 18.0 Å². The molecule has 1 aliphatic rings. The highest BCUT2D eigenvalue weighted by Crippen LogP contribution is 2.25. The molecule has 1 heterocycles. The van der Waals surface area contributed by atoms with E-state index in [1.165, 1.54) is 19.3 Å². The molecule has 64 valence electrons. The van der Waals surface area contributed by atoms with Gasteiger partial charge in [-0.05, 0) is 19.8 Å². The molecule has 1 saturated heterocycles. The normalized spacial score (nSPS) is 29.5. The summed E-state index contributed by atoms with van der Waals surface area (Å²) in [5.41, 5.74) is 0. The quantitative estimate of drug-likeness (QED) is 0.460. The molecule has 0 N–H and O–H groups in total. The summed E-state index contributed by atoms with van der Waals surface area (Å²) in [4.78, 5) is 10.7. The highest BCUT2D eigenvalue weighted by atomic mass is 16.6. The Labute approximate surface area is 67.9 Å². The molecule has 0 spiro atoms. The van der Waals surface area contributed by atoms with Crippen LogP contribution in [0.5, 0.6) is 0 Å². The molecule has 0 unspecified atom stereocenters. The lowest BCUT2D eigenvalue weighted by molar-refractivity contribution is -0.183. The van der Waals surface area contributed by atoms with Crippen molar-refractivity contribution in [2.45, 2.75) is 45.6 Å². The number of cyclic esters (lactones) is 1. The molecular formula is C9H16O2. The fourth-order valence-corrected chi connectivity index (χ4v) is 1.34. The summed E-state index contributed by atoms with van der Waals surface area (Å²) >= 11 is 0. The van der Waals surface area contributed by atoms with Crippen molar-refractivity contribution >= 4 is 5.97 Å². The lowest BCUT2D eigenvalue weighted by atomic mass is 9.94. The van der Waals surface area contributed by atoms with Crippen molar-refractivity contribution in [2.24, 2.45) is 5.92 Å². The molecule has 0 saturated carbocycles. The Morgan fingerprint density at radius 3 is 2.64 bits per heavy atom. The summed E-state index contributed by atoms with van der Waals surface area (Å²) in [6, 6.07) is 0. The van der Waals surface area contributed by atoms with Crippen molar-refractivity contribution in [3.63, 3.8) is 0 Å². The minimum Gasteiger partial charge on any atom is -0.461 e. The van der Waals surface area contributed by atoms with Crippen LogP contribution in [0.15, 0.2) is 0 Å². The van der Waals surface area contributed by atoms with Gasteiger partial charge in [0, 0.05) is 0 Å². The summed E-state index contributed by atoms with van der Waals surface area (Å²) in [6.07, 6.45) is 4.96. The van der Waals surface area contributed by atoms with E-state index in [1.807, 2.05) is 6.92 Å². The van der Waals surface area contributed by atoms with E-state index in [0.717, 1.165) is 6.42 Å². The minimum atomic E-state index is -0.0218. The maximum absolute atomic E-state index is 10.7. The topological polar surface area (TPSA) is 26.3 Å². The van der Waals surface area contributed by atoms with E-state index >= 15 is 0 Å². The van der Waals surface area contributed by atoms with Gasteiger partial charge in [-0.3, -0.25) is 4.79 Å². The first kappa shape index (κ1) is 8.57. The molecule has 1 fully saturated rings. The first-order chi connectivity index (χ1) is 5.25. The number of carbonyl (C=O) groups is 1. The van der Waals surface area contributed by atoms with Crippen LogP contribution in [0.25, 0.3) is 0 Å². The van der Waals surface area contributed by atoms with Crippen LogP contribution in [0.1, 0.15) is 39.5 Å². The number of unbranched alkanes of at least 4 members (excludes halogenated alkanes) is 2. The van der Waals surface area contributed by atoms with Gasteiger partial charge in [-0.2, -0.15) is 0 Å². The van der Waals surface area contributed by atoms with Gasteiger partial charge >= 0.3 is 5.97 Å². The average Bonchev–Trinajstić information content (AvgIpc) is 2.03. The van der Waals surface area contributed by atoms with E-state index in [4.69, 9.17) is 4.74 Å². The van der Waals surface area contributed by atoms with Crippen LogP contribution in [0.2, 0.25) is 0 Å². The van der Waals surface area contributed by atoms with Gasteiger partial charge in [0.05, 0.1) is 5.92 Å². The van der Waals surface area contributed by atoms with Crippen LogP contribution in [-0.2, 0) is 9.53 Å². The molecule has 2 atom stereocenters. The zero-order valence-corrected chi connectivity index (χ0v) is 7.30. The number of esters is 1. The van der Waals surface area contributed by atoms with Gasteiger partial charge in [0.2, 0.25) is 0 Å². The number of carbonyl (C=O) groups excluding carboxylic acids is 1. The van der Waals surface area contributed by atoms with E-state index in [0.29, 0.717) is 0 Å². The number of rotatable bonds is 4. The van der Waals surface area contributed by atoms with Crippen LogP contribution in [0.4, 0.5) is 0 Å². The van der Waals surface area contributed by atoms with Crippen LogP contribution in [0.3, 0.4) is 0 Å². The number of hydrogen-bond acceptors (Lipinski definition) is 2. The van der Waals surface area contributed by atoms with E-state index in [2.05, 4.69) is 6.92 Å². The molecule has 0 aromatic heterocycles. The Morgan fingerprint density at radius 2 is 2.18 bits per heavy atom. The van der Waals surface area contributed by atoms with E-state index in [9.17, 15) is 4.79 Å². The highest BCUT2D eigenvalue weighted by Gasteiger charge is 2.37. The Morgan fingerprint density at radius 1 is 1.45 bits per heavy atom. The van der Waals surface area contributed by atoms with Crippen LogP contribution >= 0.6 is 0 Å². The zero-order chi connectivity index (χ0) is 8.27. The molecule has 1 aliphatic heterocycles. The minimum absolute atomic E-state index is 0.0218. The zero-order valence-electron chi connectivity index (χ0n) is 7.30. The van der Waals surface area contributed by atoms with Crippen LogP contribution in [-0.4, -0.2) is 12.1 Å². The molecule has 0 radical (unpaired) electrons. The predicted octanol–water partition coefficient (Wildman–Crippen LogP) is 2.13. The molecule has 2 nitrogen and oxygen atoms in total. The van der Waals surface area contributed by atoms with Crippen LogP contribution < -0.4 is 0 Å². The van der Waals surface area contributed by atoms with Crippen LogP contribution in [0, 0.1) is 5.92 Å². The third-order valence-electron chi connectivity index (χ3n) is 2.29. The Balaban J connectivity index is 2.05. The second kappa shape index (κ2) is 3.74. The van der Waals surface area contributed by atoms with Crippen molar-refractivity contribution in [3.05, 3.63) is 0 Å². The summed E-state index contributed by atoms with van der Waals surface area (Å²) in [5, 5.41) is 0. The van der Waals surface area contributed by atoms with Gasteiger partial charge in [0.15, 0.2) is 0 Å². The standard InChI is InChI=1S/C9H16O2/c1-3-4-5-6-8-7(2)9(10)11-8/h7-8H,3-6H2,1-2H3/t7-,8+/m1/s1.